The van der Waals surface area contributed by atoms with Gasteiger partial charge in [-0.3, -0.25) is 9.59 Å². The molecule has 2 aromatic carbocycles. The van der Waals surface area contributed by atoms with Crippen LogP contribution in [-0.2, 0) is 9.59 Å². The maximum Gasteiger partial charge on any atom is 0.405 e. The van der Waals surface area contributed by atoms with Crippen molar-refractivity contribution in [3.63, 3.8) is 0 Å². The van der Waals surface area contributed by atoms with Crippen molar-refractivity contribution in [3.8, 4) is 16.5 Å². The summed E-state index contributed by atoms with van der Waals surface area (Å²) in [7, 11) is 0. The molecule has 0 saturated heterocycles. The van der Waals surface area contributed by atoms with Gasteiger partial charge in [-0.25, -0.2) is 9.78 Å². The van der Waals surface area contributed by atoms with Gasteiger partial charge in [0.15, 0.2) is 0 Å². The first-order valence-electron chi connectivity index (χ1n) is 14.2. The molecule has 218 valence electrons. The number of carboxylic acid groups (broad SMARTS) is 1. The number of carbonyl (C=O) groups is 3. The topological polar surface area (TPSA) is 118 Å². The van der Waals surface area contributed by atoms with Gasteiger partial charge in [0, 0.05) is 16.4 Å². The van der Waals surface area contributed by atoms with E-state index in [1.165, 1.54) is 16.9 Å². The number of ketones is 1. The maximum atomic E-state index is 13.9. The van der Waals surface area contributed by atoms with Crippen LogP contribution >= 0.6 is 11.3 Å². The number of hydrogen-bond acceptors (Lipinski definition) is 6. The zero-order valence-electron chi connectivity index (χ0n) is 23.9. The van der Waals surface area contributed by atoms with Crippen LogP contribution in [0.3, 0.4) is 0 Å². The van der Waals surface area contributed by atoms with Gasteiger partial charge in [-0.2, -0.15) is 0 Å². The van der Waals surface area contributed by atoms with Crippen LogP contribution in [-0.4, -0.2) is 40.0 Å². The zero-order chi connectivity index (χ0) is 29.5. The lowest BCUT2D eigenvalue weighted by Gasteiger charge is -2.47. The first kappa shape index (κ1) is 30.2. The molecule has 2 amide bonds. The molecule has 1 unspecified atom stereocenters. The van der Waals surface area contributed by atoms with E-state index in [1.54, 1.807) is 6.92 Å². The molecule has 41 heavy (non-hydrogen) atoms. The second-order valence-electron chi connectivity index (χ2n) is 11.2. The Morgan fingerprint density at radius 3 is 2.44 bits per heavy atom. The fraction of sp³-hybridized carbons (Fsp3) is 0.438. The van der Waals surface area contributed by atoms with Crippen molar-refractivity contribution >= 4 is 29.1 Å². The third-order valence-corrected chi connectivity index (χ3v) is 8.77. The molecule has 0 radical (unpaired) electrons. The van der Waals surface area contributed by atoms with E-state index in [0.717, 1.165) is 42.5 Å². The average molecular weight is 578 g/mol. The number of Topliss-reactive ketones (excluding diaryl/α,β-unsaturated/α-hetero) is 1. The number of amides is 2. The van der Waals surface area contributed by atoms with Crippen LogP contribution in [0.15, 0.2) is 60.0 Å². The summed E-state index contributed by atoms with van der Waals surface area (Å²) in [4.78, 5) is 43.9. The van der Waals surface area contributed by atoms with Gasteiger partial charge in [-0.05, 0) is 45.1 Å². The maximum absolute atomic E-state index is 13.9. The molecule has 0 aliphatic heterocycles. The van der Waals surface area contributed by atoms with Crippen LogP contribution in [0.1, 0.15) is 76.0 Å². The highest BCUT2D eigenvalue weighted by Gasteiger charge is 2.51. The highest BCUT2D eigenvalue weighted by molar-refractivity contribution is 7.11. The third-order valence-electron chi connectivity index (χ3n) is 8.01. The van der Waals surface area contributed by atoms with Crippen molar-refractivity contribution in [1.82, 2.24) is 15.6 Å². The first-order valence-corrected chi connectivity index (χ1v) is 15.1. The van der Waals surface area contributed by atoms with E-state index in [9.17, 15) is 19.5 Å². The second-order valence-corrected chi connectivity index (χ2v) is 12.1. The highest BCUT2D eigenvalue weighted by atomic mass is 32.1. The number of aromatic nitrogens is 1. The predicted octanol–water partition coefficient (Wildman–Crippen LogP) is 6.70. The van der Waals surface area contributed by atoms with Gasteiger partial charge in [-0.15, -0.1) is 0 Å². The van der Waals surface area contributed by atoms with Crippen LogP contribution in [0, 0.1) is 12.3 Å². The van der Waals surface area contributed by atoms with Gasteiger partial charge in [0.25, 0.3) is 11.1 Å². The molecule has 9 heteroatoms. The molecule has 1 fully saturated rings. The minimum Gasteiger partial charge on any atom is -0.469 e. The smallest absolute Gasteiger partial charge is 0.405 e. The summed E-state index contributed by atoms with van der Waals surface area (Å²) in [6.45, 7) is 6.11. The molecule has 1 heterocycles. The minimum atomic E-state index is -1.55. The lowest BCUT2D eigenvalue weighted by Crippen LogP contribution is -2.62. The number of thiazole rings is 1. The van der Waals surface area contributed by atoms with E-state index >= 15 is 0 Å². The average Bonchev–Trinajstić information content (AvgIpc) is 3.42. The Kier molecular flexibility index (Phi) is 9.81. The number of ether oxygens (including phenoxy) is 1. The Hall–Kier alpha value is -3.72. The molecule has 1 aromatic heterocycles. The van der Waals surface area contributed by atoms with Crippen LogP contribution in [0.25, 0.3) is 11.3 Å². The zero-order valence-corrected chi connectivity index (χ0v) is 24.8. The van der Waals surface area contributed by atoms with Gasteiger partial charge < -0.3 is 20.5 Å². The first-order chi connectivity index (χ1) is 19.7. The Morgan fingerprint density at radius 2 is 1.83 bits per heavy atom. The highest BCUT2D eigenvalue weighted by Crippen LogP contribution is 2.48. The molecule has 8 nitrogen and oxygen atoms in total. The van der Waals surface area contributed by atoms with Gasteiger partial charge in [0.05, 0.1) is 18.3 Å². The summed E-state index contributed by atoms with van der Waals surface area (Å²) in [5.41, 5.74) is 1.86. The Morgan fingerprint density at radius 1 is 1.12 bits per heavy atom. The lowest BCUT2D eigenvalue weighted by molar-refractivity contribution is -0.144. The van der Waals surface area contributed by atoms with Gasteiger partial charge in [-0.1, -0.05) is 97.7 Å². The monoisotopic (exact) mass is 577 g/mol. The van der Waals surface area contributed by atoms with Crippen molar-refractivity contribution < 1.29 is 24.2 Å². The van der Waals surface area contributed by atoms with E-state index in [2.05, 4.69) is 15.6 Å². The van der Waals surface area contributed by atoms with Crippen LogP contribution in [0.2, 0.25) is 0 Å². The molecule has 4 rings (SSSR count). The summed E-state index contributed by atoms with van der Waals surface area (Å²) in [6.07, 6.45) is 2.93. The fourth-order valence-corrected chi connectivity index (χ4v) is 6.20. The summed E-state index contributed by atoms with van der Waals surface area (Å²) in [5.74, 6) is -1.54. The van der Waals surface area contributed by atoms with Crippen molar-refractivity contribution in [3.05, 3.63) is 71.1 Å². The minimum absolute atomic E-state index is 0.189. The number of benzene rings is 2. The summed E-state index contributed by atoms with van der Waals surface area (Å²) in [5, 5.41) is 17.6. The molecule has 3 N–H and O–H groups in total. The van der Waals surface area contributed by atoms with Gasteiger partial charge >= 0.3 is 6.09 Å². The standard InChI is InChI=1S/C32H39N3O5S/c1-4-5-18-32(35-29(38)39,27(36)28(37)33-23(3)24-10-7-6-8-11-24)20-31(16-9-17-31)21-40-30-34-26(19-41-30)25-14-12-22(2)13-15-25/h6-8,10-15,19,23,35H,4-5,9,16-18,20-21H2,1-3H3,(H,33,37)(H,38,39)/t23-,32?/m1/s1. The Labute approximate surface area is 245 Å². The van der Waals surface area contributed by atoms with Crippen molar-refractivity contribution in [2.45, 2.75) is 77.3 Å². The van der Waals surface area contributed by atoms with Gasteiger partial charge in [0.1, 0.15) is 5.54 Å². The van der Waals surface area contributed by atoms with Crippen LogP contribution < -0.4 is 15.4 Å². The largest absolute Gasteiger partial charge is 0.469 e. The summed E-state index contributed by atoms with van der Waals surface area (Å²) < 4.78 is 6.18. The normalized spacial score (nSPS) is 16.1. The van der Waals surface area contributed by atoms with E-state index in [4.69, 9.17) is 4.74 Å². The number of nitrogens with zero attached hydrogens (tertiary/aromatic N) is 1. The molecular formula is C32H39N3O5S. The molecule has 3 aromatic rings. The number of aryl methyl sites for hydroxylation is 1. The fourth-order valence-electron chi connectivity index (χ4n) is 5.52. The van der Waals surface area contributed by atoms with E-state index < -0.39 is 34.8 Å². The predicted molar refractivity (Wildman–Crippen MR) is 160 cm³/mol. The van der Waals surface area contributed by atoms with E-state index in [-0.39, 0.29) is 12.8 Å². The molecular weight excluding hydrogens is 538 g/mol. The van der Waals surface area contributed by atoms with Crippen molar-refractivity contribution in [2.24, 2.45) is 5.41 Å². The van der Waals surface area contributed by atoms with Gasteiger partial charge in [0.2, 0.25) is 5.78 Å². The van der Waals surface area contributed by atoms with Crippen LogP contribution in [0.5, 0.6) is 5.19 Å². The Balaban J connectivity index is 1.53. The number of rotatable bonds is 14. The molecule has 0 bridgehead atoms. The molecule has 1 aliphatic rings. The number of nitrogens with one attached hydrogen (secondary N) is 2. The molecule has 2 atom stereocenters. The quantitative estimate of drug-likeness (QED) is 0.184. The summed E-state index contributed by atoms with van der Waals surface area (Å²) >= 11 is 1.41. The molecule has 0 spiro atoms. The van der Waals surface area contributed by atoms with Crippen LogP contribution in [0.4, 0.5) is 4.79 Å². The SMILES string of the molecule is CCCCC(CC1(COc2nc(-c3ccc(C)cc3)cs2)CCC1)(NC(=O)O)C(=O)C(=O)N[C@H](C)c1ccccc1. The number of hydrogen-bond donors (Lipinski definition) is 3. The number of carbonyl (C=O) groups excluding carboxylic acids is 2. The van der Waals surface area contributed by atoms with E-state index in [0.29, 0.717) is 18.2 Å². The molecule has 1 aliphatic carbocycles. The second kappa shape index (κ2) is 13.3. The van der Waals surface area contributed by atoms with Crippen molar-refractivity contribution in [2.75, 3.05) is 6.61 Å². The van der Waals surface area contributed by atoms with Crippen molar-refractivity contribution in [1.29, 1.82) is 0 Å². The number of unbranched alkanes of at least 4 members (excludes halogenated alkanes) is 1. The summed E-state index contributed by atoms with van der Waals surface area (Å²) in [6, 6.07) is 17.1. The lowest BCUT2D eigenvalue weighted by atomic mass is 9.61. The van der Waals surface area contributed by atoms with E-state index in [1.807, 2.05) is 73.8 Å². The molecule has 1 saturated carbocycles. The Bertz CT molecular complexity index is 1340. The third kappa shape index (κ3) is 7.52.